The van der Waals surface area contributed by atoms with Crippen molar-refractivity contribution in [2.45, 2.75) is 45.8 Å². The molecule has 123 valence electrons. The Hall–Kier alpha value is -1.90. The molecule has 0 atom stereocenters. The minimum Gasteiger partial charge on any atom is -0.294 e. The van der Waals surface area contributed by atoms with Crippen LogP contribution in [0.5, 0.6) is 0 Å². The third-order valence-electron chi connectivity index (χ3n) is 3.41. The van der Waals surface area contributed by atoms with E-state index in [2.05, 4.69) is 75.2 Å². The molecule has 0 saturated carbocycles. The van der Waals surface area contributed by atoms with Crippen molar-refractivity contribution >= 4 is 25.1 Å². The SMILES string of the molecule is CC(C)(C)c1nccn2[c]c(-c3ccc(C#C[Si](C)(C)C)s3)nc12. The fourth-order valence-corrected chi connectivity index (χ4v) is 3.68. The molecule has 24 heavy (non-hydrogen) atoms. The molecule has 1 radical (unpaired) electrons. The van der Waals surface area contributed by atoms with Crippen LogP contribution in [0, 0.1) is 17.7 Å². The van der Waals surface area contributed by atoms with Gasteiger partial charge in [0.2, 0.25) is 0 Å². The maximum Gasteiger partial charge on any atom is 0.160 e. The first-order chi connectivity index (χ1) is 11.1. The van der Waals surface area contributed by atoms with E-state index in [-0.39, 0.29) is 5.41 Å². The van der Waals surface area contributed by atoms with E-state index in [1.807, 2.05) is 16.8 Å². The summed E-state index contributed by atoms with van der Waals surface area (Å²) in [7, 11) is -1.36. The summed E-state index contributed by atoms with van der Waals surface area (Å²) in [6, 6.07) is 4.16. The van der Waals surface area contributed by atoms with Gasteiger partial charge in [0, 0.05) is 17.8 Å². The van der Waals surface area contributed by atoms with E-state index in [0.29, 0.717) is 0 Å². The van der Waals surface area contributed by atoms with Gasteiger partial charge in [0.25, 0.3) is 0 Å². The van der Waals surface area contributed by atoms with Crippen molar-refractivity contribution in [2.24, 2.45) is 0 Å². The zero-order valence-electron chi connectivity index (χ0n) is 15.1. The normalized spacial score (nSPS) is 12.2. The van der Waals surface area contributed by atoms with E-state index in [9.17, 15) is 0 Å². The summed E-state index contributed by atoms with van der Waals surface area (Å²) in [6.07, 6.45) is 7.06. The van der Waals surface area contributed by atoms with Crippen molar-refractivity contribution in [2.75, 3.05) is 0 Å². The van der Waals surface area contributed by atoms with Gasteiger partial charge in [-0.1, -0.05) is 46.3 Å². The molecule has 0 amide bonds. The molecule has 3 aromatic heterocycles. The van der Waals surface area contributed by atoms with Crippen molar-refractivity contribution in [3.63, 3.8) is 0 Å². The zero-order chi connectivity index (χ0) is 17.5. The van der Waals surface area contributed by atoms with Crippen molar-refractivity contribution in [3.05, 3.63) is 41.3 Å². The first-order valence-electron chi connectivity index (χ1n) is 8.04. The first-order valence-corrected chi connectivity index (χ1v) is 12.4. The van der Waals surface area contributed by atoms with Crippen LogP contribution in [-0.2, 0) is 5.41 Å². The minimum atomic E-state index is -1.36. The lowest BCUT2D eigenvalue weighted by Gasteiger charge is -2.17. The molecule has 0 unspecified atom stereocenters. The second kappa shape index (κ2) is 5.87. The van der Waals surface area contributed by atoms with Gasteiger partial charge >= 0.3 is 0 Å². The molecule has 0 saturated heterocycles. The van der Waals surface area contributed by atoms with Crippen molar-refractivity contribution in [3.8, 4) is 22.0 Å². The van der Waals surface area contributed by atoms with E-state index in [0.717, 1.165) is 26.8 Å². The maximum atomic E-state index is 4.79. The summed E-state index contributed by atoms with van der Waals surface area (Å²) in [5.41, 5.74) is 6.09. The first kappa shape index (κ1) is 16.9. The number of aromatic nitrogens is 3. The molecule has 0 aliphatic rings. The highest BCUT2D eigenvalue weighted by atomic mass is 32.1. The van der Waals surface area contributed by atoms with Gasteiger partial charge in [0.05, 0.1) is 15.4 Å². The van der Waals surface area contributed by atoms with Gasteiger partial charge in [-0.15, -0.1) is 16.9 Å². The van der Waals surface area contributed by atoms with Gasteiger partial charge in [-0.25, -0.2) is 4.98 Å². The van der Waals surface area contributed by atoms with Gasteiger partial charge < -0.3 is 0 Å². The highest BCUT2D eigenvalue weighted by molar-refractivity contribution is 7.16. The topological polar surface area (TPSA) is 30.2 Å². The number of imidazole rings is 1. The average molecular weight is 353 g/mol. The van der Waals surface area contributed by atoms with Gasteiger partial charge in [0.15, 0.2) is 5.65 Å². The van der Waals surface area contributed by atoms with Crippen LogP contribution >= 0.6 is 11.3 Å². The molecule has 0 aromatic carbocycles. The third kappa shape index (κ3) is 3.60. The standard InChI is InChI=1S/C19H22N3SSi/c1-19(2,3)17-18-21-15(13-22(18)11-10-20-17)16-8-7-14(23-16)9-12-24(4,5)6/h7-8,10-11H,1-6H3. The minimum absolute atomic E-state index is 0.0532. The molecule has 3 heterocycles. The van der Waals surface area contributed by atoms with Crippen LogP contribution in [0.4, 0.5) is 0 Å². The average Bonchev–Trinajstić information content (AvgIpc) is 3.09. The Bertz CT molecular complexity index is 943. The van der Waals surface area contributed by atoms with Crippen molar-refractivity contribution in [1.82, 2.24) is 14.4 Å². The second-order valence-electron chi connectivity index (χ2n) is 7.96. The fourth-order valence-electron chi connectivity index (χ4n) is 2.28. The van der Waals surface area contributed by atoms with Crippen LogP contribution in [0.2, 0.25) is 19.6 Å². The summed E-state index contributed by atoms with van der Waals surface area (Å²) in [4.78, 5) is 11.5. The molecule has 3 nitrogen and oxygen atoms in total. The molecule has 0 spiro atoms. The smallest absolute Gasteiger partial charge is 0.160 e. The summed E-state index contributed by atoms with van der Waals surface area (Å²) >= 11 is 1.68. The molecule has 3 aromatic rings. The van der Waals surface area contributed by atoms with Crippen LogP contribution in [-0.4, -0.2) is 22.4 Å². The number of hydrogen-bond donors (Lipinski definition) is 0. The van der Waals surface area contributed by atoms with Gasteiger partial charge in [0.1, 0.15) is 20.0 Å². The highest BCUT2D eigenvalue weighted by Crippen LogP contribution is 2.29. The zero-order valence-corrected chi connectivity index (χ0v) is 16.9. The molecule has 0 fully saturated rings. The number of nitrogens with zero attached hydrogens (tertiary/aromatic N) is 3. The lowest BCUT2D eigenvalue weighted by atomic mass is 9.92. The Labute approximate surface area is 148 Å². The number of rotatable bonds is 1. The maximum absolute atomic E-state index is 4.79. The summed E-state index contributed by atoms with van der Waals surface area (Å²) < 4.78 is 1.94. The van der Waals surface area contributed by atoms with E-state index in [1.54, 1.807) is 11.3 Å². The Morgan fingerprint density at radius 1 is 1.21 bits per heavy atom. The van der Waals surface area contributed by atoms with Crippen molar-refractivity contribution < 1.29 is 0 Å². The van der Waals surface area contributed by atoms with Crippen LogP contribution in [0.1, 0.15) is 31.3 Å². The van der Waals surface area contributed by atoms with Crippen LogP contribution in [0.15, 0.2) is 24.5 Å². The summed E-state index contributed by atoms with van der Waals surface area (Å²) in [5.74, 6) is 3.31. The lowest BCUT2D eigenvalue weighted by molar-refractivity contribution is 0.570. The monoisotopic (exact) mass is 352 g/mol. The molecule has 0 aliphatic carbocycles. The van der Waals surface area contributed by atoms with E-state index in [1.165, 1.54) is 0 Å². The predicted octanol–water partition coefficient (Wildman–Crippen LogP) is 4.78. The number of fused-ring (bicyclic) bond motifs is 1. The van der Waals surface area contributed by atoms with Gasteiger partial charge in [-0.3, -0.25) is 9.38 Å². The fraction of sp³-hybridized carbons (Fsp3) is 0.368. The molecule has 0 aliphatic heterocycles. The quantitative estimate of drug-likeness (QED) is 0.466. The van der Waals surface area contributed by atoms with E-state index in [4.69, 9.17) is 4.98 Å². The van der Waals surface area contributed by atoms with Crippen molar-refractivity contribution in [1.29, 1.82) is 0 Å². The highest BCUT2D eigenvalue weighted by Gasteiger charge is 2.21. The lowest BCUT2D eigenvalue weighted by Crippen LogP contribution is -2.16. The number of hydrogen-bond acceptors (Lipinski definition) is 3. The Kier molecular flexibility index (Phi) is 4.14. The molecular weight excluding hydrogens is 330 g/mol. The Balaban J connectivity index is 2.02. The van der Waals surface area contributed by atoms with Crippen LogP contribution < -0.4 is 0 Å². The predicted molar refractivity (Wildman–Crippen MR) is 104 cm³/mol. The Morgan fingerprint density at radius 3 is 2.62 bits per heavy atom. The summed E-state index contributed by atoms with van der Waals surface area (Å²) in [5, 5.41) is 0. The van der Waals surface area contributed by atoms with Crippen LogP contribution in [0.3, 0.4) is 0 Å². The van der Waals surface area contributed by atoms with Gasteiger partial charge in [-0.05, 0) is 12.1 Å². The van der Waals surface area contributed by atoms with E-state index >= 15 is 0 Å². The largest absolute Gasteiger partial charge is 0.294 e. The molecular formula is C19H22N3SSi. The number of thiophene rings is 1. The van der Waals surface area contributed by atoms with Crippen LogP contribution in [0.25, 0.3) is 16.2 Å². The molecule has 0 bridgehead atoms. The van der Waals surface area contributed by atoms with Gasteiger partial charge in [-0.2, -0.15) is 0 Å². The second-order valence-corrected chi connectivity index (χ2v) is 13.8. The summed E-state index contributed by atoms with van der Waals surface area (Å²) in [6.45, 7) is 13.2. The Morgan fingerprint density at radius 2 is 1.96 bits per heavy atom. The molecule has 0 N–H and O–H groups in total. The molecule has 5 heteroatoms. The third-order valence-corrected chi connectivity index (χ3v) is 5.30. The molecule has 3 rings (SSSR count). The van der Waals surface area contributed by atoms with E-state index < -0.39 is 8.07 Å².